The fraction of sp³-hybridized carbons (Fsp3) is 0.389. The van der Waals surface area contributed by atoms with Gasteiger partial charge in [0.05, 0.1) is 64.6 Å². The summed E-state index contributed by atoms with van der Waals surface area (Å²) >= 11 is 0. The highest BCUT2D eigenvalue weighted by Crippen LogP contribution is 2.57. The lowest BCUT2D eigenvalue weighted by atomic mass is 9.80. The number of methoxy groups -OCH3 is 4. The van der Waals surface area contributed by atoms with Crippen LogP contribution in [0.15, 0.2) is 24.3 Å². The lowest BCUT2D eigenvalue weighted by molar-refractivity contribution is -0.158. The number of hydrogen-bond donors (Lipinski definition) is 2. The van der Waals surface area contributed by atoms with Crippen LogP contribution in [0.25, 0.3) is 32.7 Å². The van der Waals surface area contributed by atoms with E-state index in [9.17, 15) is 19.8 Å². The van der Waals surface area contributed by atoms with Crippen molar-refractivity contribution in [1.29, 1.82) is 0 Å². The van der Waals surface area contributed by atoms with Crippen molar-refractivity contribution in [3.63, 3.8) is 0 Å². The number of phenolic OH excluding ortho intramolecular Hbond substituents is 2. The number of carbonyl (C=O) groups is 2. The Labute approximate surface area is 276 Å². The van der Waals surface area contributed by atoms with Crippen LogP contribution in [-0.2, 0) is 41.8 Å². The van der Waals surface area contributed by atoms with Crippen molar-refractivity contribution in [3.05, 3.63) is 46.5 Å². The van der Waals surface area contributed by atoms with Gasteiger partial charge in [0.1, 0.15) is 34.5 Å². The highest BCUT2D eigenvalue weighted by molar-refractivity contribution is 6.15. The first-order valence-electron chi connectivity index (χ1n) is 15.4. The van der Waals surface area contributed by atoms with E-state index in [1.54, 1.807) is 32.0 Å². The van der Waals surface area contributed by atoms with Crippen LogP contribution >= 0.6 is 0 Å². The Morgan fingerprint density at radius 3 is 1.77 bits per heavy atom. The SMILES string of the molecule is COc1cc(OC)c2c(O)c3c(c(-c4c(OC)cc(OC)c5c(O)c6c(cc45)C(OC(C)=O)C(C)OC6)c2c1)C(OC(C)=O)C(C)OC3. The molecule has 0 saturated heterocycles. The molecule has 4 atom stereocenters. The number of fused-ring (bicyclic) bond motifs is 4. The van der Waals surface area contributed by atoms with Gasteiger partial charge in [-0.3, -0.25) is 9.59 Å². The van der Waals surface area contributed by atoms with E-state index < -0.39 is 36.4 Å². The molecule has 0 spiro atoms. The zero-order valence-electron chi connectivity index (χ0n) is 28.0. The fourth-order valence-electron chi connectivity index (χ4n) is 6.94. The van der Waals surface area contributed by atoms with Gasteiger partial charge < -0.3 is 48.1 Å². The van der Waals surface area contributed by atoms with Crippen molar-refractivity contribution in [2.45, 2.75) is 65.3 Å². The molecule has 0 aliphatic carbocycles. The summed E-state index contributed by atoms with van der Waals surface area (Å²) in [7, 11) is 5.99. The van der Waals surface area contributed by atoms with Crippen LogP contribution in [-0.4, -0.2) is 62.8 Å². The van der Waals surface area contributed by atoms with Gasteiger partial charge in [0.25, 0.3) is 0 Å². The Bertz CT molecular complexity index is 1970. The van der Waals surface area contributed by atoms with Crippen molar-refractivity contribution in [2.24, 2.45) is 0 Å². The van der Waals surface area contributed by atoms with E-state index >= 15 is 0 Å². The van der Waals surface area contributed by atoms with Crippen LogP contribution in [0.1, 0.15) is 62.2 Å². The van der Waals surface area contributed by atoms with E-state index in [0.717, 1.165) is 0 Å². The zero-order valence-corrected chi connectivity index (χ0v) is 28.0. The van der Waals surface area contributed by atoms with Gasteiger partial charge in [0, 0.05) is 70.1 Å². The second-order valence-electron chi connectivity index (χ2n) is 11.8. The summed E-state index contributed by atoms with van der Waals surface area (Å²) in [6, 6.07) is 6.91. The molecule has 4 unspecified atom stereocenters. The number of ether oxygens (including phenoxy) is 8. The summed E-state index contributed by atoms with van der Waals surface area (Å²) in [4.78, 5) is 24.8. The number of benzene rings is 4. The number of esters is 2. The van der Waals surface area contributed by atoms with Crippen LogP contribution < -0.4 is 18.9 Å². The normalized spacial score (nSPS) is 20.1. The fourth-order valence-corrected chi connectivity index (χ4v) is 6.94. The Morgan fingerprint density at radius 2 is 1.19 bits per heavy atom. The molecule has 48 heavy (non-hydrogen) atoms. The number of carbonyl (C=O) groups excluding carboxylic acids is 2. The zero-order chi connectivity index (χ0) is 34.6. The summed E-state index contributed by atoms with van der Waals surface area (Å²) in [5.74, 6) is 0.135. The standard InChI is InChI=1S/C36H38O12/c1-15-35(47-17(3)37)20-11-22-28(26(43-7)12-27(44-8)30(22)33(39)23(20)13-45-15)31-21-9-19(41-5)10-25(42-6)29(21)34(40)24-14-46-16(2)36(32(24)31)48-18(4)38/h9-12,15-16,35-36,39-40H,13-14H2,1-8H3. The highest BCUT2D eigenvalue weighted by Gasteiger charge is 2.40. The number of aromatic hydroxyl groups is 2. The minimum atomic E-state index is -0.955. The van der Waals surface area contributed by atoms with E-state index in [4.69, 9.17) is 37.9 Å². The van der Waals surface area contributed by atoms with Gasteiger partial charge in [-0.1, -0.05) is 0 Å². The molecule has 12 heteroatoms. The van der Waals surface area contributed by atoms with E-state index in [2.05, 4.69) is 0 Å². The van der Waals surface area contributed by atoms with Crippen molar-refractivity contribution in [2.75, 3.05) is 28.4 Å². The molecule has 254 valence electrons. The molecule has 4 aromatic rings. The minimum Gasteiger partial charge on any atom is -0.507 e. The Hall–Kier alpha value is -4.94. The van der Waals surface area contributed by atoms with Gasteiger partial charge in [-0.25, -0.2) is 0 Å². The summed E-state index contributed by atoms with van der Waals surface area (Å²) in [6.45, 7) is 6.25. The molecular formula is C36H38O12. The van der Waals surface area contributed by atoms with Crippen LogP contribution in [0.5, 0.6) is 34.5 Å². The molecule has 12 nitrogen and oxygen atoms in total. The first-order chi connectivity index (χ1) is 22.9. The predicted molar refractivity (Wildman–Crippen MR) is 174 cm³/mol. The third-order valence-corrected chi connectivity index (χ3v) is 9.08. The van der Waals surface area contributed by atoms with Crippen LogP contribution in [0, 0.1) is 0 Å². The van der Waals surface area contributed by atoms with Crippen molar-refractivity contribution in [3.8, 4) is 45.6 Å². The smallest absolute Gasteiger partial charge is 0.303 e. The molecule has 2 aliphatic heterocycles. The molecule has 0 amide bonds. The maximum absolute atomic E-state index is 12.5. The maximum atomic E-state index is 12.5. The lowest BCUT2D eigenvalue weighted by Gasteiger charge is -2.35. The number of rotatable bonds is 7. The minimum absolute atomic E-state index is 0.00134. The highest BCUT2D eigenvalue weighted by atomic mass is 16.6. The second kappa shape index (κ2) is 12.6. The van der Waals surface area contributed by atoms with Gasteiger partial charge in [-0.2, -0.15) is 0 Å². The Kier molecular flexibility index (Phi) is 8.65. The van der Waals surface area contributed by atoms with Crippen molar-refractivity contribution in [1.82, 2.24) is 0 Å². The summed E-state index contributed by atoms with van der Waals surface area (Å²) in [5, 5.41) is 25.5. The summed E-state index contributed by atoms with van der Waals surface area (Å²) < 4.78 is 46.8. The van der Waals surface area contributed by atoms with E-state index in [-0.39, 0.29) is 24.7 Å². The monoisotopic (exact) mass is 662 g/mol. The molecule has 2 N–H and O–H groups in total. The topological polar surface area (TPSA) is 148 Å². The average Bonchev–Trinajstić information content (AvgIpc) is 3.06. The van der Waals surface area contributed by atoms with Crippen molar-refractivity contribution < 1.29 is 57.7 Å². The van der Waals surface area contributed by atoms with Crippen LogP contribution in [0.3, 0.4) is 0 Å². The van der Waals surface area contributed by atoms with Crippen LogP contribution in [0.2, 0.25) is 0 Å². The molecule has 0 bridgehead atoms. The largest absolute Gasteiger partial charge is 0.507 e. The summed E-state index contributed by atoms with van der Waals surface area (Å²) in [5.41, 5.74) is 2.87. The molecule has 6 rings (SSSR count). The van der Waals surface area contributed by atoms with Crippen LogP contribution in [0.4, 0.5) is 0 Å². The molecule has 2 heterocycles. The quantitative estimate of drug-likeness (QED) is 0.219. The molecule has 4 aromatic carbocycles. The second-order valence-corrected chi connectivity index (χ2v) is 11.8. The first kappa shape index (κ1) is 33.0. The van der Waals surface area contributed by atoms with Gasteiger partial charge in [0.2, 0.25) is 0 Å². The first-order valence-corrected chi connectivity index (χ1v) is 15.4. The molecule has 0 saturated carbocycles. The third kappa shape index (κ3) is 5.15. The number of phenols is 2. The van der Waals surface area contributed by atoms with Gasteiger partial charge in [-0.15, -0.1) is 0 Å². The molecule has 0 radical (unpaired) electrons. The van der Waals surface area contributed by atoms with E-state index in [0.29, 0.717) is 77.9 Å². The average molecular weight is 663 g/mol. The van der Waals surface area contributed by atoms with Crippen molar-refractivity contribution >= 4 is 33.5 Å². The predicted octanol–water partition coefficient (Wildman–Crippen LogP) is 6.15. The van der Waals surface area contributed by atoms with Gasteiger partial charge in [0.15, 0.2) is 12.2 Å². The Morgan fingerprint density at radius 1 is 0.667 bits per heavy atom. The third-order valence-electron chi connectivity index (χ3n) is 9.08. The lowest BCUT2D eigenvalue weighted by Crippen LogP contribution is -2.30. The molecule has 0 aromatic heterocycles. The number of hydrogen-bond acceptors (Lipinski definition) is 12. The van der Waals surface area contributed by atoms with Gasteiger partial charge in [-0.05, 0) is 26.0 Å². The Balaban J connectivity index is 1.88. The van der Waals surface area contributed by atoms with E-state index in [1.807, 2.05) is 6.07 Å². The molecule has 0 fully saturated rings. The van der Waals surface area contributed by atoms with E-state index in [1.165, 1.54) is 42.3 Å². The maximum Gasteiger partial charge on any atom is 0.303 e. The molecular weight excluding hydrogens is 624 g/mol. The summed E-state index contributed by atoms with van der Waals surface area (Å²) in [6.07, 6.45) is -2.91. The van der Waals surface area contributed by atoms with Gasteiger partial charge >= 0.3 is 11.9 Å². The molecule has 2 aliphatic rings.